The number of rotatable bonds is 2. The van der Waals surface area contributed by atoms with E-state index in [0.29, 0.717) is 5.69 Å². The SMILES string of the molecule is O=C(O)c1cc(-c2sccc2Br)no1. The molecule has 0 bridgehead atoms. The molecule has 0 saturated heterocycles. The summed E-state index contributed by atoms with van der Waals surface area (Å²) in [5.41, 5.74) is 0.532. The Balaban J connectivity index is 2.43. The van der Waals surface area contributed by atoms with Crippen LogP contribution in [0.1, 0.15) is 10.6 Å². The fraction of sp³-hybridized carbons (Fsp3) is 0. The molecule has 2 rings (SSSR count). The molecule has 0 saturated carbocycles. The number of aromatic carboxylic acids is 1. The number of halogens is 1. The lowest BCUT2D eigenvalue weighted by atomic mass is 10.3. The van der Waals surface area contributed by atoms with E-state index < -0.39 is 5.97 Å². The zero-order chi connectivity index (χ0) is 10.1. The maximum atomic E-state index is 10.5. The zero-order valence-corrected chi connectivity index (χ0v) is 9.13. The van der Waals surface area contributed by atoms with Gasteiger partial charge >= 0.3 is 5.97 Å². The molecule has 0 unspecified atom stereocenters. The van der Waals surface area contributed by atoms with E-state index in [9.17, 15) is 4.79 Å². The lowest BCUT2D eigenvalue weighted by Crippen LogP contribution is -1.91. The van der Waals surface area contributed by atoms with Gasteiger partial charge in [-0.25, -0.2) is 4.79 Å². The molecule has 0 radical (unpaired) electrons. The second-order valence-electron chi connectivity index (χ2n) is 2.48. The third-order valence-electron chi connectivity index (χ3n) is 1.57. The first kappa shape index (κ1) is 9.42. The summed E-state index contributed by atoms with van der Waals surface area (Å²) in [6.07, 6.45) is 0. The highest BCUT2D eigenvalue weighted by Gasteiger charge is 2.14. The molecule has 1 N–H and O–H groups in total. The van der Waals surface area contributed by atoms with Gasteiger partial charge < -0.3 is 9.63 Å². The standard InChI is InChI=1S/C8H4BrNO3S/c9-4-1-2-14-7(4)5-3-6(8(11)12)13-10-5/h1-3H,(H,11,12). The van der Waals surface area contributed by atoms with Crippen LogP contribution in [0, 0.1) is 0 Å². The lowest BCUT2D eigenvalue weighted by molar-refractivity contribution is 0.0652. The molecule has 0 aromatic carbocycles. The maximum Gasteiger partial charge on any atom is 0.374 e. The van der Waals surface area contributed by atoms with Crippen molar-refractivity contribution in [1.29, 1.82) is 0 Å². The lowest BCUT2D eigenvalue weighted by Gasteiger charge is -1.87. The number of aromatic nitrogens is 1. The molecular formula is C8H4BrNO3S. The van der Waals surface area contributed by atoms with Gasteiger partial charge in [-0.3, -0.25) is 0 Å². The van der Waals surface area contributed by atoms with Crippen molar-refractivity contribution in [2.75, 3.05) is 0 Å². The van der Waals surface area contributed by atoms with Crippen molar-refractivity contribution in [1.82, 2.24) is 5.16 Å². The van der Waals surface area contributed by atoms with E-state index >= 15 is 0 Å². The smallest absolute Gasteiger partial charge is 0.374 e. The van der Waals surface area contributed by atoms with E-state index in [4.69, 9.17) is 5.11 Å². The van der Waals surface area contributed by atoms with E-state index in [0.717, 1.165) is 9.35 Å². The Kier molecular flexibility index (Phi) is 2.39. The van der Waals surface area contributed by atoms with Crippen molar-refractivity contribution in [3.05, 3.63) is 27.7 Å². The van der Waals surface area contributed by atoms with Gasteiger partial charge in [-0.05, 0) is 27.4 Å². The Morgan fingerprint density at radius 2 is 2.43 bits per heavy atom. The highest BCUT2D eigenvalue weighted by Crippen LogP contribution is 2.32. The second-order valence-corrected chi connectivity index (χ2v) is 4.25. The number of hydrogen-bond acceptors (Lipinski definition) is 4. The van der Waals surface area contributed by atoms with Gasteiger partial charge in [-0.2, -0.15) is 0 Å². The largest absolute Gasteiger partial charge is 0.475 e. The first-order valence-corrected chi connectivity index (χ1v) is 5.29. The fourth-order valence-electron chi connectivity index (χ4n) is 0.960. The van der Waals surface area contributed by atoms with E-state index in [2.05, 4.69) is 25.6 Å². The van der Waals surface area contributed by atoms with Crippen LogP contribution in [-0.4, -0.2) is 16.2 Å². The van der Waals surface area contributed by atoms with E-state index in [1.165, 1.54) is 17.4 Å². The number of carboxylic acids is 1. The van der Waals surface area contributed by atoms with Crippen LogP contribution in [0.25, 0.3) is 10.6 Å². The summed E-state index contributed by atoms with van der Waals surface area (Å²) in [5, 5.41) is 14.2. The van der Waals surface area contributed by atoms with Crippen LogP contribution in [-0.2, 0) is 0 Å². The molecule has 72 valence electrons. The first-order chi connectivity index (χ1) is 6.68. The summed E-state index contributed by atoms with van der Waals surface area (Å²) in [6, 6.07) is 3.27. The van der Waals surface area contributed by atoms with E-state index in [1.54, 1.807) is 0 Å². The average molecular weight is 274 g/mol. The minimum Gasteiger partial charge on any atom is -0.475 e. The van der Waals surface area contributed by atoms with Crippen LogP contribution >= 0.6 is 27.3 Å². The number of carboxylic acid groups (broad SMARTS) is 1. The quantitative estimate of drug-likeness (QED) is 0.914. The Morgan fingerprint density at radius 3 is 2.93 bits per heavy atom. The van der Waals surface area contributed by atoms with Crippen molar-refractivity contribution in [2.45, 2.75) is 0 Å². The van der Waals surface area contributed by atoms with Crippen molar-refractivity contribution < 1.29 is 14.4 Å². The minimum atomic E-state index is -1.11. The van der Waals surface area contributed by atoms with E-state index in [1.807, 2.05) is 11.4 Å². The zero-order valence-electron chi connectivity index (χ0n) is 6.73. The van der Waals surface area contributed by atoms with Gasteiger partial charge in [0.05, 0.1) is 4.88 Å². The monoisotopic (exact) mass is 273 g/mol. The fourth-order valence-corrected chi connectivity index (χ4v) is 2.49. The molecule has 0 aliphatic rings. The van der Waals surface area contributed by atoms with Gasteiger partial charge in [0.25, 0.3) is 0 Å². The number of nitrogens with zero attached hydrogens (tertiary/aromatic N) is 1. The van der Waals surface area contributed by atoms with Crippen LogP contribution < -0.4 is 0 Å². The van der Waals surface area contributed by atoms with E-state index in [-0.39, 0.29) is 5.76 Å². The Morgan fingerprint density at radius 1 is 1.64 bits per heavy atom. The summed E-state index contributed by atoms with van der Waals surface area (Å²) in [6.45, 7) is 0. The highest BCUT2D eigenvalue weighted by molar-refractivity contribution is 9.10. The topological polar surface area (TPSA) is 63.3 Å². The molecule has 2 aromatic rings. The predicted octanol–water partition coefficient (Wildman–Crippen LogP) is 2.86. The van der Waals surface area contributed by atoms with Crippen molar-refractivity contribution in [3.8, 4) is 10.6 Å². The molecule has 2 heterocycles. The third kappa shape index (κ3) is 1.58. The first-order valence-electron chi connectivity index (χ1n) is 3.62. The van der Waals surface area contributed by atoms with Gasteiger partial charge in [-0.15, -0.1) is 11.3 Å². The third-order valence-corrected chi connectivity index (χ3v) is 3.43. The molecule has 6 heteroatoms. The van der Waals surface area contributed by atoms with Crippen LogP contribution in [0.3, 0.4) is 0 Å². The van der Waals surface area contributed by atoms with Crippen molar-refractivity contribution in [3.63, 3.8) is 0 Å². The Hall–Kier alpha value is -1.14. The summed E-state index contributed by atoms with van der Waals surface area (Å²) >= 11 is 4.80. The van der Waals surface area contributed by atoms with Gasteiger partial charge in [0.2, 0.25) is 5.76 Å². The van der Waals surface area contributed by atoms with Gasteiger partial charge in [0, 0.05) is 10.5 Å². The number of carbonyl (C=O) groups is 1. The predicted molar refractivity (Wildman–Crippen MR) is 54.5 cm³/mol. The van der Waals surface area contributed by atoms with Crippen molar-refractivity contribution in [2.24, 2.45) is 0 Å². The average Bonchev–Trinajstić information content (AvgIpc) is 2.71. The summed E-state index contributed by atoms with van der Waals surface area (Å²) in [5.74, 6) is -1.27. The second kappa shape index (κ2) is 3.55. The molecule has 2 aromatic heterocycles. The van der Waals surface area contributed by atoms with Gasteiger partial charge in [0.1, 0.15) is 5.69 Å². The summed E-state index contributed by atoms with van der Waals surface area (Å²) < 4.78 is 5.52. The van der Waals surface area contributed by atoms with Gasteiger partial charge in [0.15, 0.2) is 0 Å². The molecular weight excluding hydrogens is 270 g/mol. The molecule has 0 fully saturated rings. The molecule has 0 atom stereocenters. The molecule has 0 amide bonds. The molecule has 0 aliphatic heterocycles. The minimum absolute atomic E-state index is 0.152. The Bertz CT molecular complexity index is 476. The maximum absolute atomic E-state index is 10.5. The number of thiophene rings is 1. The molecule has 14 heavy (non-hydrogen) atoms. The normalized spacial score (nSPS) is 10.4. The highest BCUT2D eigenvalue weighted by atomic mass is 79.9. The number of hydrogen-bond donors (Lipinski definition) is 1. The molecule has 0 aliphatic carbocycles. The molecule has 4 nitrogen and oxygen atoms in total. The van der Waals surface area contributed by atoms with Crippen molar-refractivity contribution >= 4 is 33.2 Å². The molecule has 0 spiro atoms. The Labute approximate surface area is 91.3 Å². The van der Waals surface area contributed by atoms with Crippen LogP contribution in [0.5, 0.6) is 0 Å². The van der Waals surface area contributed by atoms with Gasteiger partial charge in [-0.1, -0.05) is 5.16 Å². The summed E-state index contributed by atoms with van der Waals surface area (Å²) in [4.78, 5) is 11.4. The summed E-state index contributed by atoms with van der Waals surface area (Å²) in [7, 11) is 0. The van der Waals surface area contributed by atoms with Crippen LogP contribution in [0.2, 0.25) is 0 Å². The van der Waals surface area contributed by atoms with Crippen LogP contribution in [0.4, 0.5) is 0 Å². The van der Waals surface area contributed by atoms with Crippen LogP contribution in [0.15, 0.2) is 26.5 Å².